The van der Waals surface area contributed by atoms with Crippen LogP contribution in [0.15, 0.2) is 0 Å². The molecule has 0 bridgehead atoms. The van der Waals surface area contributed by atoms with E-state index in [2.05, 4.69) is 0 Å². The SMILES string of the molecule is CCCCCCCCCCC(F)(F)C(F)(F)C(F)(F)C(F)(F)C(F)(F)C(F)(F)C(F)(F)F. The van der Waals surface area contributed by atoms with Gasteiger partial charge in [0.15, 0.2) is 0 Å². The Bertz CT molecular complexity index is 577. The van der Waals surface area contributed by atoms with E-state index in [4.69, 9.17) is 0 Å². The summed E-state index contributed by atoms with van der Waals surface area (Å²) in [5.41, 5.74) is 0. The Kier molecular flexibility index (Phi) is 9.73. The van der Waals surface area contributed by atoms with Crippen molar-refractivity contribution in [2.45, 2.75) is 106 Å². The molecular weight excluding hydrogens is 489 g/mol. The monoisotopic (exact) mass is 510 g/mol. The predicted octanol–water partition coefficient (Wildman–Crippen LogP) is 8.89. The Labute approximate surface area is 173 Å². The Morgan fingerprint density at radius 1 is 0.375 bits per heavy atom. The molecule has 0 aromatic rings. The fourth-order valence-corrected chi connectivity index (χ4v) is 2.64. The first-order valence-electron chi connectivity index (χ1n) is 9.40. The minimum atomic E-state index is -8.20. The van der Waals surface area contributed by atoms with Gasteiger partial charge in [-0.05, 0) is 6.42 Å². The summed E-state index contributed by atoms with van der Waals surface area (Å²) in [5.74, 6) is -45.8. The summed E-state index contributed by atoms with van der Waals surface area (Å²) in [4.78, 5) is 0. The van der Waals surface area contributed by atoms with Gasteiger partial charge in [0.2, 0.25) is 0 Å². The van der Waals surface area contributed by atoms with E-state index in [1.54, 1.807) is 0 Å². The summed E-state index contributed by atoms with van der Waals surface area (Å²) in [6, 6.07) is 0. The van der Waals surface area contributed by atoms with E-state index in [9.17, 15) is 65.9 Å². The Balaban J connectivity index is 5.55. The van der Waals surface area contributed by atoms with Crippen molar-refractivity contribution >= 4 is 0 Å². The third kappa shape index (κ3) is 5.53. The highest BCUT2D eigenvalue weighted by Crippen LogP contribution is 2.62. The number of hydrogen-bond acceptors (Lipinski definition) is 0. The van der Waals surface area contributed by atoms with E-state index in [1.807, 2.05) is 6.92 Å². The predicted molar refractivity (Wildman–Crippen MR) is 83.0 cm³/mol. The molecule has 0 unspecified atom stereocenters. The second-order valence-electron chi connectivity index (χ2n) is 7.30. The molecule has 0 heterocycles. The fourth-order valence-electron chi connectivity index (χ4n) is 2.64. The van der Waals surface area contributed by atoms with Gasteiger partial charge in [0.1, 0.15) is 0 Å². The van der Waals surface area contributed by atoms with E-state index in [-0.39, 0.29) is 12.8 Å². The van der Waals surface area contributed by atoms with Crippen molar-refractivity contribution in [1.29, 1.82) is 0 Å². The van der Waals surface area contributed by atoms with Gasteiger partial charge in [0.05, 0.1) is 0 Å². The molecule has 0 aromatic heterocycles. The van der Waals surface area contributed by atoms with E-state index in [1.165, 1.54) is 0 Å². The maximum absolute atomic E-state index is 13.6. The van der Waals surface area contributed by atoms with Crippen molar-refractivity contribution in [1.82, 2.24) is 0 Å². The number of halogens is 15. The standard InChI is InChI=1S/C17H21F15/c1-2-3-4-5-6-7-8-9-10-11(18,19)12(20,21)13(22,23)14(24,25)15(26,27)16(28,29)17(30,31)32/h2-10H2,1H3. The maximum Gasteiger partial charge on any atom is 0.460 e. The molecule has 0 aliphatic carbocycles. The molecule has 0 nitrogen and oxygen atoms in total. The Morgan fingerprint density at radius 2 is 0.688 bits per heavy atom. The van der Waals surface area contributed by atoms with Gasteiger partial charge in [-0.25, -0.2) is 0 Å². The molecule has 15 heteroatoms. The zero-order valence-corrected chi connectivity index (χ0v) is 16.5. The lowest BCUT2D eigenvalue weighted by atomic mass is 9.89. The van der Waals surface area contributed by atoms with Gasteiger partial charge < -0.3 is 0 Å². The highest BCUT2D eigenvalue weighted by molar-refractivity contribution is 5.12. The van der Waals surface area contributed by atoms with Gasteiger partial charge in [-0.2, -0.15) is 65.9 Å². The molecule has 0 saturated carbocycles. The van der Waals surface area contributed by atoms with E-state index in [0.717, 1.165) is 19.3 Å². The molecule has 0 N–H and O–H groups in total. The van der Waals surface area contributed by atoms with Gasteiger partial charge in [-0.15, -0.1) is 0 Å². The largest absolute Gasteiger partial charge is 0.460 e. The maximum atomic E-state index is 13.6. The van der Waals surface area contributed by atoms with Crippen LogP contribution in [0.5, 0.6) is 0 Å². The van der Waals surface area contributed by atoms with Crippen LogP contribution in [0.4, 0.5) is 65.9 Å². The van der Waals surface area contributed by atoms with Crippen LogP contribution in [0, 0.1) is 0 Å². The molecule has 0 rings (SSSR count). The van der Waals surface area contributed by atoms with Crippen molar-refractivity contribution < 1.29 is 65.9 Å². The van der Waals surface area contributed by atoms with Gasteiger partial charge in [0, 0.05) is 6.42 Å². The molecule has 0 amide bonds. The molecule has 0 atom stereocenters. The quantitative estimate of drug-likeness (QED) is 0.162. The second-order valence-corrected chi connectivity index (χ2v) is 7.30. The number of hydrogen-bond donors (Lipinski definition) is 0. The smallest absolute Gasteiger partial charge is 0.200 e. The van der Waals surface area contributed by atoms with E-state index >= 15 is 0 Å². The fraction of sp³-hybridized carbons (Fsp3) is 1.00. The van der Waals surface area contributed by atoms with Gasteiger partial charge in [-0.3, -0.25) is 0 Å². The van der Waals surface area contributed by atoms with Crippen LogP contribution in [0.3, 0.4) is 0 Å². The lowest BCUT2D eigenvalue weighted by Gasteiger charge is -2.41. The van der Waals surface area contributed by atoms with Gasteiger partial charge >= 0.3 is 41.7 Å². The van der Waals surface area contributed by atoms with Gasteiger partial charge in [0.25, 0.3) is 0 Å². The summed E-state index contributed by atoms with van der Waals surface area (Å²) >= 11 is 0. The summed E-state index contributed by atoms with van der Waals surface area (Å²) in [6.45, 7) is 1.89. The number of alkyl halides is 15. The van der Waals surface area contributed by atoms with Crippen molar-refractivity contribution in [3.8, 4) is 0 Å². The van der Waals surface area contributed by atoms with Crippen LogP contribution in [0.2, 0.25) is 0 Å². The van der Waals surface area contributed by atoms with Crippen molar-refractivity contribution in [2.75, 3.05) is 0 Å². The minimum Gasteiger partial charge on any atom is -0.200 e. The molecule has 0 aliphatic rings. The van der Waals surface area contributed by atoms with Crippen LogP contribution >= 0.6 is 0 Å². The average molecular weight is 510 g/mol. The van der Waals surface area contributed by atoms with E-state index < -0.39 is 54.6 Å². The number of rotatable bonds is 14. The van der Waals surface area contributed by atoms with Crippen LogP contribution in [0.1, 0.15) is 64.7 Å². The van der Waals surface area contributed by atoms with Gasteiger partial charge in [-0.1, -0.05) is 51.9 Å². The first-order chi connectivity index (χ1) is 14.1. The minimum absolute atomic E-state index is 0.161. The number of unbranched alkanes of at least 4 members (excludes halogenated alkanes) is 7. The topological polar surface area (TPSA) is 0 Å². The Hall–Kier alpha value is -1.05. The van der Waals surface area contributed by atoms with Crippen LogP contribution in [0.25, 0.3) is 0 Å². The molecule has 194 valence electrons. The first kappa shape index (κ1) is 30.9. The van der Waals surface area contributed by atoms with Crippen LogP contribution in [-0.2, 0) is 0 Å². The molecule has 0 spiro atoms. The normalized spacial score (nSPS) is 15.4. The molecule has 0 aromatic carbocycles. The summed E-state index contributed by atoms with van der Waals surface area (Å²) in [5, 5.41) is 0. The lowest BCUT2D eigenvalue weighted by molar-refractivity contribution is -0.452. The van der Waals surface area contributed by atoms with E-state index in [0.29, 0.717) is 12.8 Å². The van der Waals surface area contributed by atoms with Crippen LogP contribution in [-0.4, -0.2) is 41.7 Å². The highest BCUT2D eigenvalue weighted by atomic mass is 19.4. The summed E-state index contributed by atoms with van der Waals surface area (Å²) in [7, 11) is 0. The Morgan fingerprint density at radius 3 is 1.06 bits per heavy atom. The first-order valence-corrected chi connectivity index (χ1v) is 9.40. The van der Waals surface area contributed by atoms with Crippen molar-refractivity contribution in [3.63, 3.8) is 0 Å². The molecule has 0 saturated heterocycles. The highest BCUT2D eigenvalue weighted by Gasteiger charge is 2.93. The zero-order chi connectivity index (χ0) is 25.9. The summed E-state index contributed by atoms with van der Waals surface area (Å²) in [6.07, 6.45) is -7.29. The molecule has 0 aliphatic heterocycles. The van der Waals surface area contributed by atoms with Crippen molar-refractivity contribution in [2.24, 2.45) is 0 Å². The average Bonchev–Trinajstić information content (AvgIpc) is 2.62. The molecule has 32 heavy (non-hydrogen) atoms. The van der Waals surface area contributed by atoms with Crippen molar-refractivity contribution in [3.05, 3.63) is 0 Å². The zero-order valence-electron chi connectivity index (χ0n) is 16.5. The molecule has 0 fully saturated rings. The van der Waals surface area contributed by atoms with Crippen LogP contribution < -0.4 is 0 Å². The third-order valence-electron chi connectivity index (χ3n) is 4.74. The summed E-state index contributed by atoms with van der Waals surface area (Å²) < 4.78 is 195. The third-order valence-corrected chi connectivity index (χ3v) is 4.74. The molecular formula is C17H21F15. The molecule has 0 radical (unpaired) electrons. The second kappa shape index (κ2) is 10.1. The lowest BCUT2D eigenvalue weighted by Crippen LogP contribution is -2.72.